The molecule has 1 aromatic heterocycles. The molecule has 0 aliphatic heterocycles. The van der Waals surface area contributed by atoms with Crippen LogP contribution < -0.4 is 9.04 Å². The van der Waals surface area contributed by atoms with E-state index in [1.807, 2.05) is 0 Å². The molecule has 1 heterocycles. The monoisotopic (exact) mass is 538 g/mol. The Bertz CT molecular complexity index is 1300. The summed E-state index contributed by atoms with van der Waals surface area (Å²) in [5.41, 5.74) is 1.16. The van der Waals surface area contributed by atoms with Crippen molar-refractivity contribution in [1.82, 2.24) is 4.98 Å². The summed E-state index contributed by atoms with van der Waals surface area (Å²) in [5, 5.41) is 2.00. The Kier molecular flexibility index (Phi) is 7.63. The van der Waals surface area contributed by atoms with Gasteiger partial charge in [0.1, 0.15) is 16.5 Å². The molecule has 0 bridgehead atoms. The van der Waals surface area contributed by atoms with Gasteiger partial charge in [-0.25, -0.2) is 22.1 Å². The fourth-order valence-electron chi connectivity index (χ4n) is 4.31. The largest absolute Gasteiger partial charge is 0.497 e. The predicted molar refractivity (Wildman–Crippen MR) is 132 cm³/mol. The van der Waals surface area contributed by atoms with Crippen molar-refractivity contribution in [2.75, 3.05) is 18.5 Å². The molecule has 2 atom stereocenters. The summed E-state index contributed by atoms with van der Waals surface area (Å²) in [7, 11) is -1.47. The zero-order valence-electron chi connectivity index (χ0n) is 19.1. The number of hydrogen-bond acceptors (Lipinski definition) is 7. The second-order valence-corrected chi connectivity index (χ2v) is 11.3. The number of aromatic nitrogens is 1. The van der Waals surface area contributed by atoms with Gasteiger partial charge in [0.2, 0.25) is 0 Å². The number of carbonyl (C=O) groups excluding carboxylic acids is 1. The van der Waals surface area contributed by atoms with E-state index >= 15 is 4.39 Å². The Hall–Kier alpha value is -2.69. The van der Waals surface area contributed by atoms with Gasteiger partial charge < -0.3 is 9.47 Å². The topological polar surface area (TPSA) is 85.8 Å². The highest BCUT2D eigenvalue weighted by Crippen LogP contribution is 2.43. The number of benzene rings is 2. The van der Waals surface area contributed by atoms with E-state index in [2.05, 4.69) is 4.98 Å². The number of hydrogen-bond donors (Lipinski definition) is 0. The molecule has 2 aromatic carbocycles. The summed E-state index contributed by atoms with van der Waals surface area (Å²) in [5.74, 6) is -1.01. The first-order valence-electron chi connectivity index (χ1n) is 10.9. The van der Waals surface area contributed by atoms with Crippen LogP contribution in [0.25, 0.3) is 0 Å². The van der Waals surface area contributed by atoms with Crippen LogP contribution in [0.3, 0.4) is 0 Å². The third-order valence-corrected chi connectivity index (χ3v) is 9.13. The van der Waals surface area contributed by atoms with Crippen molar-refractivity contribution in [3.63, 3.8) is 0 Å². The van der Waals surface area contributed by atoms with Crippen LogP contribution in [0.15, 0.2) is 52.9 Å². The van der Waals surface area contributed by atoms with Gasteiger partial charge in [0, 0.05) is 16.6 Å². The Morgan fingerprint density at radius 3 is 2.60 bits per heavy atom. The summed E-state index contributed by atoms with van der Waals surface area (Å²) >= 11 is 7.61. The first-order chi connectivity index (χ1) is 16.7. The van der Waals surface area contributed by atoms with Crippen LogP contribution in [0.5, 0.6) is 5.75 Å². The van der Waals surface area contributed by atoms with Crippen LogP contribution in [0.2, 0.25) is 5.02 Å². The van der Waals surface area contributed by atoms with Gasteiger partial charge in [0.25, 0.3) is 10.0 Å². The van der Waals surface area contributed by atoms with E-state index in [0.29, 0.717) is 36.1 Å². The van der Waals surface area contributed by atoms with Crippen LogP contribution in [-0.4, -0.2) is 33.6 Å². The molecule has 0 unspecified atom stereocenters. The van der Waals surface area contributed by atoms with E-state index in [1.54, 1.807) is 36.8 Å². The highest BCUT2D eigenvalue weighted by atomic mass is 35.5. The molecule has 0 N–H and O–H groups in total. The Labute approximate surface area is 212 Å². The lowest BCUT2D eigenvalue weighted by atomic mass is 9.96. The zero-order chi connectivity index (χ0) is 25.2. The summed E-state index contributed by atoms with van der Waals surface area (Å²) in [6.45, 7) is -0.0535. The summed E-state index contributed by atoms with van der Waals surface area (Å²) < 4.78 is 53.7. The number of nitrogens with zero attached hydrogens (tertiary/aromatic N) is 2. The normalized spacial score (nSPS) is 17.8. The minimum absolute atomic E-state index is 0.0535. The lowest BCUT2D eigenvalue weighted by Crippen LogP contribution is -2.31. The molecule has 0 radical (unpaired) electrons. The van der Waals surface area contributed by atoms with Crippen LogP contribution in [0.1, 0.15) is 36.3 Å². The van der Waals surface area contributed by atoms with Gasteiger partial charge in [-0.05, 0) is 60.6 Å². The molecule has 11 heteroatoms. The molecule has 1 aliphatic rings. The van der Waals surface area contributed by atoms with Crippen LogP contribution in [-0.2, 0) is 26.1 Å². The van der Waals surface area contributed by atoms with Gasteiger partial charge in [-0.15, -0.1) is 11.3 Å². The molecule has 0 saturated heterocycles. The minimum atomic E-state index is -4.34. The zero-order valence-corrected chi connectivity index (χ0v) is 21.5. The van der Waals surface area contributed by atoms with E-state index in [0.717, 1.165) is 21.7 Å². The molecular formula is C24H24ClFN2O5S2. The number of rotatable bonds is 8. The van der Waals surface area contributed by atoms with E-state index in [9.17, 15) is 13.2 Å². The fraction of sp³-hybridized carbons (Fsp3) is 0.333. The third kappa shape index (κ3) is 5.29. The average Bonchev–Trinajstić information content (AvgIpc) is 3.56. The number of anilines is 1. The molecule has 4 rings (SSSR count). The summed E-state index contributed by atoms with van der Waals surface area (Å²) in [6, 6.07) is 9.24. The number of halogens is 2. The lowest BCUT2D eigenvalue weighted by molar-refractivity contribution is -0.145. The van der Waals surface area contributed by atoms with Crippen molar-refractivity contribution in [3.05, 3.63) is 69.9 Å². The SMILES string of the molecule is COC(=O)[C@H]1CC[C@@H](c2cc(F)c(S(=O)(=O)N(Cc3ccc(OC)cc3)c3nccs3)cc2Cl)C1. The van der Waals surface area contributed by atoms with Crippen molar-refractivity contribution in [2.45, 2.75) is 36.6 Å². The Morgan fingerprint density at radius 2 is 1.97 bits per heavy atom. The van der Waals surface area contributed by atoms with Gasteiger partial charge in [0.15, 0.2) is 5.13 Å². The first-order valence-corrected chi connectivity index (χ1v) is 13.6. The van der Waals surface area contributed by atoms with Crippen molar-refractivity contribution in [2.24, 2.45) is 5.92 Å². The molecule has 1 fully saturated rings. The third-order valence-electron chi connectivity index (χ3n) is 6.14. The molecule has 186 valence electrons. The number of methoxy groups -OCH3 is 2. The van der Waals surface area contributed by atoms with Crippen LogP contribution in [0.4, 0.5) is 9.52 Å². The minimum Gasteiger partial charge on any atom is -0.497 e. The Balaban J connectivity index is 1.67. The number of sulfonamides is 1. The van der Waals surface area contributed by atoms with E-state index in [1.165, 1.54) is 19.4 Å². The molecule has 35 heavy (non-hydrogen) atoms. The molecular weight excluding hydrogens is 515 g/mol. The van der Waals surface area contributed by atoms with E-state index in [-0.39, 0.29) is 34.5 Å². The molecule has 0 spiro atoms. The van der Waals surface area contributed by atoms with Gasteiger partial charge >= 0.3 is 5.97 Å². The highest BCUT2D eigenvalue weighted by Gasteiger charge is 2.35. The van der Waals surface area contributed by atoms with Crippen molar-refractivity contribution >= 4 is 44.1 Å². The van der Waals surface area contributed by atoms with Crippen molar-refractivity contribution in [1.29, 1.82) is 0 Å². The maximum absolute atomic E-state index is 15.4. The lowest BCUT2D eigenvalue weighted by Gasteiger charge is -2.23. The summed E-state index contributed by atoms with van der Waals surface area (Å²) in [6.07, 6.45) is 3.20. The maximum atomic E-state index is 15.4. The molecule has 3 aromatic rings. The second-order valence-electron chi connectivity index (χ2n) is 8.21. The number of esters is 1. The van der Waals surface area contributed by atoms with Crippen molar-refractivity contribution < 1.29 is 27.1 Å². The predicted octanol–water partition coefficient (Wildman–Crippen LogP) is 5.40. The quantitative estimate of drug-likeness (QED) is 0.357. The molecule has 1 saturated carbocycles. The highest BCUT2D eigenvalue weighted by molar-refractivity contribution is 7.93. The first kappa shape index (κ1) is 25.4. The molecule has 0 amide bonds. The Morgan fingerprint density at radius 1 is 1.23 bits per heavy atom. The number of thiazole rings is 1. The van der Waals surface area contributed by atoms with Gasteiger partial charge in [0.05, 0.1) is 26.7 Å². The van der Waals surface area contributed by atoms with Gasteiger partial charge in [-0.3, -0.25) is 4.79 Å². The maximum Gasteiger partial charge on any atom is 0.308 e. The van der Waals surface area contributed by atoms with E-state index < -0.39 is 20.7 Å². The standard InChI is InChI=1S/C24H24ClFN2O5S2/c1-32-18-7-3-15(4-8-18)14-28(24-27-9-10-34-24)35(30,31)22-13-20(25)19(12-21(22)26)16-5-6-17(11-16)23(29)33-2/h3-4,7-10,12-13,16-17H,5-6,11,14H2,1-2H3/t16-,17+/m1/s1. The number of carbonyl (C=O) groups is 1. The summed E-state index contributed by atoms with van der Waals surface area (Å²) in [4.78, 5) is 15.5. The second kappa shape index (κ2) is 10.5. The van der Waals surface area contributed by atoms with Crippen molar-refractivity contribution in [3.8, 4) is 5.75 Å². The smallest absolute Gasteiger partial charge is 0.308 e. The number of ether oxygens (including phenoxy) is 2. The van der Waals surface area contributed by atoms with Gasteiger partial charge in [-0.2, -0.15) is 0 Å². The fourth-order valence-corrected chi connectivity index (χ4v) is 7.04. The van der Waals surface area contributed by atoms with Crippen LogP contribution >= 0.6 is 22.9 Å². The van der Waals surface area contributed by atoms with Crippen LogP contribution in [0, 0.1) is 11.7 Å². The van der Waals surface area contributed by atoms with Gasteiger partial charge in [-0.1, -0.05) is 23.7 Å². The molecule has 1 aliphatic carbocycles. The van der Waals surface area contributed by atoms with E-state index in [4.69, 9.17) is 21.1 Å². The average molecular weight is 539 g/mol. The molecule has 7 nitrogen and oxygen atoms in total.